The highest BCUT2D eigenvalue weighted by Gasteiger charge is 2.26. The van der Waals surface area contributed by atoms with Crippen LogP contribution in [-0.2, 0) is 0 Å². The Balaban J connectivity index is 2.30. The number of rotatable bonds is 3. The van der Waals surface area contributed by atoms with Gasteiger partial charge in [-0.15, -0.1) is 0 Å². The van der Waals surface area contributed by atoms with Crippen molar-refractivity contribution in [1.82, 2.24) is 0 Å². The second-order valence-electron chi connectivity index (χ2n) is 4.77. The first-order valence-corrected chi connectivity index (χ1v) is 5.51. The summed E-state index contributed by atoms with van der Waals surface area (Å²) in [5.74, 6) is 2.27. The number of nitrogens with two attached hydrogens (primary N) is 1. The lowest BCUT2D eigenvalue weighted by molar-refractivity contribution is 0.161. The van der Waals surface area contributed by atoms with Crippen molar-refractivity contribution < 1.29 is 5.11 Å². The molecule has 0 saturated heterocycles. The highest BCUT2D eigenvalue weighted by atomic mass is 16.3. The van der Waals surface area contributed by atoms with Gasteiger partial charge in [0.1, 0.15) is 0 Å². The molecule has 0 bridgehead atoms. The second-order valence-corrected chi connectivity index (χ2v) is 4.77. The van der Waals surface area contributed by atoms with Crippen LogP contribution in [0.3, 0.4) is 0 Å². The zero-order valence-electron chi connectivity index (χ0n) is 8.87. The molecule has 13 heavy (non-hydrogen) atoms. The molecule has 1 aliphatic rings. The molecule has 1 saturated carbocycles. The van der Waals surface area contributed by atoms with E-state index in [0.29, 0.717) is 5.92 Å². The Hall–Kier alpha value is -0.0800. The van der Waals surface area contributed by atoms with Gasteiger partial charge in [-0.3, -0.25) is 0 Å². The fourth-order valence-corrected chi connectivity index (χ4v) is 2.39. The monoisotopic (exact) mass is 185 g/mol. The van der Waals surface area contributed by atoms with Crippen LogP contribution in [0.25, 0.3) is 0 Å². The van der Waals surface area contributed by atoms with Crippen LogP contribution < -0.4 is 5.73 Å². The zero-order valence-corrected chi connectivity index (χ0v) is 8.87. The summed E-state index contributed by atoms with van der Waals surface area (Å²) in [5, 5.41) is 8.94. The fourth-order valence-electron chi connectivity index (χ4n) is 2.39. The van der Waals surface area contributed by atoms with Crippen LogP contribution in [0.1, 0.15) is 39.5 Å². The predicted molar refractivity (Wildman–Crippen MR) is 55.3 cm³/mol. The van der Waals surface area contributed by atoms with Gasteiger partial charge in [-0.2, -0.15) is 0 Å². The number of hydrogen-bond donors (Lipinski definition) is 2. The smallest absolute Gasteiger partial charge is 0.0585 e. The molecule has 0 aromatic carbocycles. The SMILES string of the molecule is CC(C)C1CCC(C(N)CO)CC1. The minimum absolute atomic E-state index is 0.0214. The Morgan fingerprint density at radius 3 is 2.00 bits per heavy atom. The van der Waals surface area contributed by atoms with E-state index < -0.39 is 0 Å². The molecule has 2 nitrogen and oxygen atoms in total. The average molecular weight is 185 g/mol. The lowest BCUT2D eigenvalue weighted by atomic mass is 9.75. The molecular weight excluding hydrogens is 162 g/mol. The third-order valence-corrected chi connectivity index (χ3v) is 3.58. The quantitative estimate of drug-likeness (QED) is 0.704. The van der Waals surface area contributed by atoms with Crippen molar-refractivity contribution in [2.24, 2.45) is 23.5 Å². The maximum Gasteiger partial charge on any atom is 0.0585 e. The van der Waals surface area contributed by atoms with Crippen LogP contribution in [0.4, 0.5) is 0 Å². The van der Waals surface area contributed by atoms with E-state index in [2.05, 4.69) is 13.8 Å². The average Bonchev–Trinajstić information content (AvgIpc) is 2.17. The number of aliphatic hydroxyl groups excluding tert-OH is 1. The van der Waals surface area contributed by atoms with Crippen LogP contribution >= 0.6 is 0 Å². The summed E-state index contributed by atoms with van der Waals surface area (Å²) < 4.78 is 0. The molecule has 0 aromatic rings. The molecule has 1 unspecified atom stereocenters. The van der Waals surface area contributed by atoms with Gasteiger partial charge >= 0.3 is 0 Å². The van der Waals surface area contributed by atoms with E-state index in [0.717, 1.165) is 11.8 Å². The summed E-state index contributed by atoms with van der Waals surface area (Å²) in [7, 11) is 0. The Labute approximate surface area is 81.5 Å². The lowest BCUT2D eigenvalue weighted by Gasteiger charge is -2.33. The van der Waals surface area contributed by atoms with Crippen LogP contribution in [0.2, 0.25) is 0 Å². The Kier molecular flexibility index (Phi) is 4.20. The van der Waals surface area contributed by atoms with Crippen molar-refractivity contribution in [2.45, 2.75) is 45.6 Å². The summed E-state index contributed by atoms with van der Waals surface area (Å²) in [6, 6.07) is 0.0214. The van der Waals surface area contributed by atoms with E-state index in [1.165, 1.54) is 25.7 Å². The third kappa shape index (κ3) is 2.96. The van der Waals surface area contributed by atoms with Crippen LogP contribution in [0.5, 0.6) is 0 Å². The lowest BCUT2D eigenvalue weighted by Crippen LogP contribution is -2.36. The van der Waals surface area contributed by atoms with Crippen LogP contribution in [0.15, 0.2) is 0 Å². The molecule has 0 amide bonds. The van der Waals surface area contributed by atoms with Gasteiger partial charge in [0.2, 0.25) is 0 Å². The summed E-state index contributed by atoms with van der Waals surface area (Å²) in [5.41, 5.74) is 5.82. The van der Waals surface area contributed by atoms with Gasteiger partial charge in [0.25, 0.3) is 0 Å². The predicted octanol–water partition coefficient (Wildman–Crippen LogP) is 1.77. The van der Waals surface area contributed by atoms with Crippen molar-refractivity contribution in [3.63, 3.8) is 0 Å². The zero-order chi connectivity index (χ0) is 9.84. The summed E-state index contributed by atoms with van der Waals surface area (Å²) in [6.45, 7) is 4.75. The molecule has 78 valence electrons. The van der Waals surface area contributed by atoms with Gasteiger partial charge in [-0.05, 0) is 43.4 Å². The van der Waals surface area contributed by atoms with Crippen molar-refractivity contribution in [3.05, 3.63) is 0 Å². The van der Waals surface area contributed by atoms with E-state index in [1.807, 2.05) is 0 Å². The molecule has 3 N–H and O–H groups in total. The highest BCUT2D eigenvalue weighted by molar-refractivity contribution is 4.80. The molecule has 2 heteroatoms. The normalized spacial score (nSPS) is 32.1. The van der Waals surface area contributed by atoms with E-state index in [9.17, 15) is 0 Å². The fraction of sp³-hybridized carbons (Fsp3) is 1.00. The minimum Gasteiger partial charge on any atom is -0.395 e. The van der Waals surface area contributed by atoms with Gasteiger partial charge in [-0.1, -0.05) is 13.8 Å². The maximum absolute atomic E-state index is 8.94. The van der Waals surface area contributed by atoms with Crippen molar-refractivity contribution in [3.8, 4) is 0 Å². The minimum atomic E-state index is 0.0214. The summed E-state index contributed by atoms with van der Waals surface area (Å²) in [6.07, 6.45) is 5.03. The Morgan fingerprint density at radius 1 is 1.15 bits per heavy atom. The molecule has 1 fully saturated rings. The van der Waals surface area contributed by atoms with Crippen molar-refractivity contribution in [1.29, 1.82) is 0 Å². The highest BCUT2D eigenvalue weighted by Crippen LogP contribution is 2.34. The second kappa shape index (κ2) is 4.97. The Morgan fingerprint density at radius 2 is 1.62 bits per heavy atom. The molecule has 1 rings (SSSR count). The Bertz CT molecular complexity index is 139. The molecular formula is C11H23NO. The van der Waals surface area contributed by atoms with Gasteiger partial charge < -0.3 is 10.8 Å². The molecule has 1 atom stereocenters. The standard InChI is InChI=1S/C11H23NO/c1-8(2)9-3-5-10(6-4-9)11(12)7-13/h8-11,13H,3-7,12H2,1-2H3. The van der Waals surface area contributed by atoms with Gasteiger partial charge in [-0.25, -0.2) is 0 Å². The van der Waals surface area contributed by atoms with Gasteiger partial charge in [0.15, 0.2) is 0 Å². The van der Waals surface area contributed by atoms with E-state index in [4.69, 9.17) is 10.8 Å². The molecule has 1 aliphatic carbocycles. The maximum atomic E-state index is 8.94. The third-order valence-electron chi connectivity index (χ3n) is 3.58. The largest absolute Gasteiger partial charge is 0.395 e. The summed E-state index contributed by atoms with van der Waals surface area (Å²) in [4.78, 5) is 0. The molecule has 0 heterocycles. The van der Waals surface area contributed by atoms with Gasteiger partial charge in [0.05, 0.1) is 6.61 Å². The van der Waals surface area contributed by atoms with Crippen LogP contribution in [-0.4, -0.2) is 17.8 Å². The first-order chi connectivity index (χ1) is 6.15. The first kappa shape index (κ1) is 11.0. The van der Waals surface area contributed by atoms with Gasteiger partial charge in [0, 0.05) is 6.04 Å². The molecule has 0 aliphatic heterocycles. The number of hydrogen-bond acceptors (Lipinski definition) is 2. The number of aliphatic hydroxyl groups is 1. The van der Waals surface area contributed by atoms with Crippen molar-refractivity contribution in [2.75, 3.05) is 6.61 Å². The van der Waals surface area contributed by atoms with E-state index in [1.54, 1.807) is 0 Å². The van der Waals surface area contributed by atoms with E-state index >= 15 is 0 Å². The van der Waals surface area contributed by atoms with Crippen LogP contribution in [0, 0.1) is 17.8 Å². The van der Waals surface area contributed by atoms with Crippen molar-refractivity contribution >= 4 is 0 Å². The first-order valence-electron chi connectivity index (χ1n) is 5.51. The van der Waals surface area contributed by atoms with E-state index in [-0.39, 0.29) is 12.6 Å². The topological polar surface area (TPSA) is 46.2 Å². The summed E-state index contributed by atoms with van der Waals surface area (Å²) >= 11 is 0. The molecule has 0 radical (unpaired) electrons. The molecule has 0 aromatic heterocycles. The molecule has 0 spiro atoms.